The molecule has 0 spiro atoms. The Morgan fingerprint density at radius 1 is 1.44 bits per heavy atom. The van der Waals surface area contributed by atoms with Gasteiger partial charge in [-0.25, -0.2) is 14.6 Å². The minimum atomic E-state index is 0.612. The summed E-state index contributed by atoms with van der Waals surface area (Å²) >= 11 is 1.53. The summed E-state index contributed by atoms with van der Waals surface area (Å²) in [7, 11) is 1.85. The lowest BCUT2D eigenvalue weighted by molar-refractivity contribution is 0.555. The molecule has 18 heavy (non-hydrogen) atoms. The first-order chi connectivity index (χ1) is 8.72. The van der Waals surface area contributed by atoms with E-state index in [4.69, 9.17) is 10.2 Å². The molecule has 3 rings (SSSR count). The monoisotopic (exact) mass is 261 g/mol. The van der Waals surface area contributed by atoms with E-state index < -0.39 is 0 Å². The van der Waals surface area contributed by atoms with E-state index in [1.54, 1.807) is 16.8 Å². The quantitative estimate of drug-likeness (QED) is 0.572. The van der Waals surface area contributed by atoms with E-state index >= 15 is 0 Å². The van der Waals surface area contributed by atoms with Crippen LogP contribution in [0.5, 0.6) is 0 Å². The molecule has 0 aliphatic rings. The van der Waals surface area contributed by atoms with E-state index in [1.165, 1.54) is 18.1 Å². The van der Waals surface area contributed by atoms with Gasteiger partial charge in [-0.1, -0.05) is 11.8 Å². The molecular weight excluding hydrogens is 250 g/mol. The average Bonchev–Trinajstić information content (AvgIpc) is 2.92. The molecule has 6 nitrogen and oxygen atoms in total. The predicted molar refractivity (Wildman–Crippen MR) is 69.0 cm³/mol. The highest BCUT2D eigenvalue weighted by Gasteiger charge is 2.08. The summed E-state index contributed by atoms with van der Waals surface area (Å²) in [5, 5.41) is 4.83. The van der Waals surface area contributed by atoms with Gasteiger partial charge in [0.1, 0.15) is 11.8 Å². The number of nitrogens with two attached hydrogens (primary N) is 1. The lowest BCUT2D eigenvalue weighted by Crippen LogP contribution is -1.93. The second kappa shape index (κ2) is 4.34. The van der Waals surface area contributed by atoms with Crippen LogP contribution < -0.4 is 5.73 Å². The summed E-state index contributed by atoms with van der Waals surface area (Å²) in [6, 6.07) is 5.43. The topological polar surface area (TPSA) is 82.8 Å². The molecule has 0 bridgehead atoms. The van der Waals surface area contributed by atoms with Gasteiger partial charge in [-0.3, -0.25) is 0 Å². The molecule has 2 heterocycles. The third kappa shape index (κ3) is 2.04. The Labute approximate surface area is 107 Å². The van der Waals surface area contributed by atoms with Crippen LogP contribution in [0.15, 0.2) is 34.1 Å². The van der Waals surface area contributed by atoms with E-state index in [2.05, 4.69) is 15.1 Å². The maximum Gasteiger partial charge on any atom is 0.205 e. The second-order valence-electron chi connectivity index (χ2n) is 3.79. The van der Waals surface area contributed by atoms with Gasteiger partial charge < -0.3 is 10.2 Å². The number of hydrogen-bond acceptors (Lipinski definition) is 6. The van der Waals surface area contributed by atoms with Crippen LogP contribution in [0, 0.1) is 0 Å². The number of hydrogen-bond donors (Lipinski definition) is 1. The Morgan fingerprint density at radius 2 is 2.33 bits per heavy atom. The first-order valence-electron chi connectivity index (χ1n) is 5.34. The van der Waals surface area contributed by atoms with Gasteiger partial charge in [0.25, 0.3) is 0 Å². The third-order valence-corrected chi connectivity index (χ3v) is 3.47. The highest BCUT2D eigenvalue weighted by Crippen LogP contribution is 2.23. The van der Waals surface area contributed by atoms with E-state index in [0.717, 1.165) is 16.3 Å². The van der Waals surface area contributed by atoms with Crippen molar-refractivity contribution in [2.75, 3.05) is 5.73 Å². The van der Waals surface area contributed by atoms with Crippen LogP contribution in [0.4, 0.5) is 5.69 Å². The zero-order chi connectivity index (χ0) is 12.5. The summed E-state index contributed by atoms with van der Waals surface area (Å²) < 4.78 is 7.33. The molecule has 0 unspecified atom stereocenters. The Bertz CT molecular complexity index is 690. The van der Waals surface area contributed by atoms with Crippen molar-refractivity contribution in [3.05, 3.63) is 30.4 Å². The van der Waals surface area contributed by atoms with Crippen LogP contribution in [0.1, 0.15) is 5.89 Å². The summed E-state index contributed by atoms with van der Waals surface area (Å²) in [5.41, 5.74) is 7.91. The number of thioether (sulfide) groups is 1. The number of aryl methyl sites for hydroxylation is 1. The molecule has 0 atom stereocenters. The minimum absolute atomic E-state index is 0.612. The standard InChI is InChI=1S/C11H11N5OS/c1-16-11(13-6-14-16)18-5-10-15-8-4-7(12)2-3-9(8)17-10/h2-4,6H,5,12H2,1H3. The molecule has 92 valence electrons. The van der Waals surface area contributed by atoms with Crippen LogP contribution in [-0.2, 0) is 12.8 Å². The largest absolute Gasteiger partial charge is 0.440 e. The molecule has 0 saturated carbocycles. The van der Waals surface area contributed by atoms with Crippen molar-refractivity contribution in [3.63, 3.8) is 0 Å². The zero-order valence-electron chi connectivity index (χ0n) is 9.70. The summed E-state index contributed by atoms with van der Waals surface area (Å²) in [5.74, 6) is 1.27. The molecule has 2 aromatic heterocycles. The SMILES string of the molecule is Cn1ncnc1SCc1nc2cc(N)ccc2o1. The smallest absolute Gasteiger partial charge is 0.205 e. The van der Waals surface area contributed by atoms with Crippen molar-refractivity contribution >= 4 is 28.5 Å². The van der Waals surface area contributed by atoms with Gasteiger partial charge in [0.2, 0.25) is 5.89 Å². The third-order valence-electron chi connectivity index (χ3n) is 2.45. The van der Waals surface area contributed by atoms with Crippen LogP contribution in [0.3, 0.4) is 0 Å². The second-order valence-corrected chi connectivity index (χ2v) is 4.73. The fourth-order valence-electron chi connectivity index (χ4n) is 1.60. The zero-order valence-corrected chi connectivity index (χ0v) is 10.5. The van der Waals surface area contributed by atoms with Crippen LogP contribution in [0.2, 0.25) is 0 Å². The van der Waals surface area contributed by atoms with E-state index in [9.17, 15) is 0 Å². The molecule has 3 aromatic rings. The lowest BCUT2D eigenvalue weighted by atomic mass is 10.3. The van der Waals surface area contributed by atoms with Crippen LogP contribution >= 0.6 is 11.8 Å². The average molecular weight is 261 g/mol. The van der Waals surface area contributed by atoms with Crippen LogP contribution in [-0.4, -0.2) is 19.7 Å². The number of anilines is 1. The first kappa shape index (κ1) is 11.1. The van der Waals surface area contributed by atoms with E-state index in [0.29, 0.717) is 17.3 Å². The predicted octanol–water partition coefficient (Wildman–Crippen LogP) is 1.83. The van der Waals surface area contributed by atoms with Gasteiger partial charge in [-0.15, -0.1) is 0 Å². The van der Waals surface area contributed by atoms with Crippen molar-refractivity contribution in [1.29, 1.82) is 0 Å². The maximum absolute atomic E-state index is 5.70. The molecule has 2 N–H and O–H groups in total. The Morgan fingerprint density at radius 3 is 3.11 bits per heavy atom. The number of nitrogens with zero attached hydrogens (tertiary/aromatic N) is 4. The van der Waals surface area contributed by atoms with Crippen molar-refractivity contribution < 1.29 is 4.42 Å². The minimum Gasteiger partial charge on any atom is -0.440 e. The van der Waals surface area contributed by atoms with Gasteiger partial charge in [0.05, 0.1) is 5.75 Å². The van der Waals surface area contributed by atoms with Gasteiger partial charge in [-0.2, -0.15) is 5.10 Å². The van der Waals surface area contributed by atoms with Crippen molar-refractivity contribution in [1.82, 2.24) is 19.7 Å². The lowest BCUT2D eigenvalue weighted by Gasteiger charge is -1.96. The highest BCUT2D eigenvalue weighted by atomic mass is 32.2. The summed E-state index contributed by atoms with van der Waals surface area (Å²) in [4.78, 5) is 8.50. The molecule has 0 aliphatic heterocycles. The summed E-state index contributed by atoms with van der Waals surface area (Å²) in [6.07, 6.45) is 1.52. The number of oxazole rings is 1. The molecular formula is C11H11N5OS. The van der Waals surface area contributed by atoms with Crippen molar-refractivity contribution in [3.8, 4) is 0 Å². The Balaban J connectivity index is 1.81. The molecule has 0 radical (unpaired) electrons. The van der Waals surface area contributed by atoms with Crippen LogP contribution in [0.25, 0.3) is 11.1 Å². The molecule has 0 saturated heterocycles. The number of benzene rings is 1. The van der Waals surface area contributed by atoms with E-state index in [-0.39, 0.29) is 0 Å². The molecule has 0 aliphatic carbocycles. The maximum atomic E-state index is 5.70. The first-order valence-corrected chi connectivity index (χ1v) is 6.32. The highest BCUT2D eigenvalue weighted by molar-refractivity contribution is 7.98. The van der Waals surface area contributed by atoms with Gasteiger partial charge in [-0.05, 0) is 18.2 Å². The molecule has 0 amide bonds. The Hall–Kier alpha value is -2.02. The number of nitrogen functional groups attached to an aromatic ring is 1. The molecule has 0 fully saturated rings. The van der Waals surface area contributed by atoms with Crippen molar-refractivity contribution in [2.24, 2.45) is 7.05 Å². The normalized spacial score (nSPS) is 11.2. The van der Waals surface area contributed by atoms with Gasteiger partial charge >= 0.3 is 0 Å². The van der Waals surface area contributed by atoms with Crippen molar-refractivity contribution in [2.45, 2.75) is 10.9 Å². The molecule has 1 aromatic carbocycles. The number of aromatic nitrogens is 4. The Kier molecular flexibility index (Phi) is 2.67. The van der Waals surface area contributed by atoms with E-state index in [1.807, 2.05) is 13.1 Å². The van der Waals surface area contributed by atoms with Gasteiger partial charge in [0, 0.05) is 12.7 Å². The summed E-state index contributed by atoms with van der Waals surface area (Å²) in [6.45, 7) is 0. The number of rotatable bonds is 3. The fourth-order valence-corrected chi connectivity index (χ4v) is 2.33. The molecule has 7 heteroatoms. The van der Waals surface area contributed by atoms with Gasteiger partial charge in [0.15, 0.2) is 10.7 Å². The number of fused-ring (bicyclic) bond motifs is 1. The fraction of sp³-hybridized carbons (Fsp3) is 0.182.